The molecule has 2 N–H and O–H groups in total. The molecule has 0 aliphatic heterocycles. The fourth-order valence-electron chi connectivity index (χ4n) is 0.846. The van der Waals surface area contributed by atoms with E-state index in [1.807, 2.05) is 0 Å². The van der Waals surface area contributed by atoms with E-state index in [0.717, 1.165) is 0 Å². The summed E-state index contributed by atoms with van der Waals surface area (Å²) in [5.41, 5.74) is 0.551. The Labute approximate surface area is 90.3 Å². The maximum absolute atomic E-state index is 10.6. The van der Waals surface area contributed by atoms with Gasteiger partial charge >= 0.3 is 0 Å². The van der Waals surface area contributed by atoms with Crippen LogP contribution in [0.5, 0.6) is 0 Å². The van der Waals surface area contributed by atoms with Crippen molar-refractivity contribution in [1.29, 1.82) is 0 Å². The fourth-order valence-corrected chi connectivity index (χ4v) is 1.57. The fraction of sp³-hybridized carbons (Fsp3) is 0.400. The molecule has 0 fully saturated rings. The zero-order chi connectivity index (χ0) is 12.1. The second-order valence-corrected chi connectivity index (χ2v) is 4.72. The van der Waals surface area contributed by atoms with Gasteiger partial charge in [-0.1, -0.05) is 18.2 Å². The Bertz CT molecular complexity index is 393. The van der Waals surface area contributed by atoms with Gasteiger partial charge in [0.1, 0.15) is 0 Å². The monoisotopic (exact) mass is 232 g/mol. The number of aliphatic hydroxyl groups excluding tert-OH is 1. The first kappa shape index (κ1) is 14.1. The third kappa shape index (κ3) is 6.22. The zero-order valence-corrected chi connectivity index (χ0v) is 9.82. The molecule has 0 aromatic heterocycles. The van der Waals surface area contributed by atoms with E-state index in [0.29, 0.717) is 5.56 Å². The van der Waals surface area contributed by atoms with Crippen molar-refractivity contribution in [2.45, 2.75) is 31.8 Å². The maximum atomic E-state index is 10.6. The molecule has 0 bridgehead atoms. The molecule has 0 heterocycles. The smallest absolute Gasteiger partial charge is 0.294 e. The summed E-state index contributed by atoms with van der Waals surface area (Å²) in [5.74, 6) is 0. The van der Waals surface area contributed by atoms with Crippen LogP contribution in [-0.2, 0) is 10.1 Å². The van der Waals surface area contributed by atoms with Crippen LogP contribution in [-0.4, -0.2) is 24.2 Å². The van der Waals surface area contributed by atoms with Crippen LogP contribution in [0.1, 0.15) is 19.4 Å². The lowest BCUT2D eigenvalue weighted by molar-refractivity contribution is 0.216. The van der Waals surface area contributed by atoms with Crippen molar-refractivity contribution in [2.75, 3.05) is 0 Å². The van der Waals surface area contributed by atoms with Crippen molar-refractivity contribution in [3.8, 4) is 0 Å². The van der Waals surface area contributed by atoms with Crippen LogP contribution in [0.3, 0.4) is 0 Å². The minimum Gasteiger partial charge on any atom is -0.394 e. The summed E-state index contributed by atoms with van der Waals surface area (Å²) in [6.07, 6.45) is -0.167. The molecule has 0 aliphatic carbocycles. The van der Waals surface area contributed by atoms with Crippen LogP contribution in [0.2, 0.25) is 0 Å². The van der Waals surface area contributed by atoms with Gasteiger partial charge in [-0.05, 0) is 32.4 Å². The Kier molecular flexibility index (Phi) is 5.49. The molecule has 0 radical (unpaired) electrons. The molecule has 0 aliphatic rings. The van der Waals surface area contributed by atoms with Crippen LogP contribution in [0, 0.1) is 6.92 Å². The summed E-state index contributed by atoms with van der Waals surface area (Å²) in [6, 6.07) is 6.27. The van der Waals surface area contributed by atoms with Gasteiger partial charge in [0.25, 0.3) is 10.1 Å². The van der Waals surface area contributed by atoms with Gasteiger partial charge in [0.05, 0.1) is 4.90 Å². The van der Waals surface area contributed by atoms with Crippen molar-refractivity contribution in [1.82, 2.24) is 0 Å². The van der Waals surface area contributed by atoms with Crippen LogP contribution in [0.25, 0.3) is 0 Å². The number of hydrogen-bond acceptors (Lipinski definition) is 3. The van der Waals surface area contributed by atoms with Crippen molar-refractivity contribution >= 4 is 10.1 Å². The zero-order valence-electron chi connectivity index (χ0n) is 9.01. The van der Waals surface area contributed by atoms with E-state index in [1.54, 1.807) is 39.0 Å². The number of rotatable bonds is 1. The second-order valence-electron chi connectivity index (χ2n) is 3.33. The van der Waals surface area contributed by atoms with Crippen molar-refractivity contribution < 1.29 is 18.1 Å². The van der Waals surface area contributed by atoms with E-state index in [4.69, 9.17) is 9.66 Å². The first-order valence-corrected chi connectivity index (χ1v) is 5.90. The molecule has 1 rings (SSSR count). The molecule has 86 valence electrons. The molecule has 0 unspecified atom stereocenters. The summed E-state index contributed by atoms with van der Waals surface area (Å²) in [6.45, 7) is 5.07. The average Bonchev–Trinajstić information content (AvgIpc) is 2.01. The average molecular weight is 232 g/mol. The Morgan fingerprint density at radius 1 is 1.20 bits per heavy atom. The first-order chi connectivity index (χ1) is 6.75. The number of benzene rings is 1. The molecule has 1 aromatic rings. The Hall–Kier alpha value is -0.910. The first-order valence-electron chi connectivity index (χ1n) is 4.46. The molecule has 5 heteroatoms. The normalized spacial score (nSPS) is 10.8. The van der Waals surface area contributed by atoms with Gasteiger partial charge in [-0.3, -0.25) is 4.55 Å². The van der Waals surface area contributed by atoms with Crippen molar-refractivity contribution in [3.63, 3.8) is 0 Å². The highest BCUT2D eigenvalue weighted by atomic mass is 32.2. The summed E-state index contributed by atoms with van der Waals surface area (Å²) < 4.78 is 29.9. The van der Waals surface area contributed by atoms with Crippen molar-refractivity contribution in [3.05, 3.63) is 29.8 Å². The molecule has 0 amide bonds. The highest BCUT2D eigenvalue weighted by molar-refractivity contribution is 7.85. The maximum Gasteiger partial charge on any atom is 0.294 e. The van der Waals surface area contributed by atoms with Gasteiger partial charge < -0.3 is 5.11 Å². The van der Waals surface area contributed by atoms with Crippen LogP contribution >= 0.6 is 0 Å². The second kappa shape index (κ2) is 5.85. The Balaban J connectivity index is 0.000000423. The van der Waals surface area contributed by atoms with E-state index in [2.05, 4.69) is 0 Å². The minimum absolute atomic E-state index is 0.0278. The largest absolute Gasteiger partial charge is 0.394 e. The SMILES string of the molecule is CC(C)O.Cc1ccccc1S(=O)(=O)O. The van der Waals surface area contributed by atoms with Gasteiger partial charge in [-0.2, -0.15) is 8.42 Å². The van der Waals surface area contributed by atoms with Gasteiger partial charge in [0.2, 0.25) is 0 Å². The third-order valence-corrected chi connectivity index (χ3v) is 2.39. The van der Waals surface area contributed by atoms with Crippen LogP contribution in [0.15, 0.2) is 29.2 Å². The van der Waals surface area contributed by atoms with E-state index in [1.165, 1.54) is 6.07 Å². The molecule has 4 nitrogen and oxygen atoms in total. The van der Waals surface area contributed by atoms with E-state index in [9.17, 15) is 8.42 Å². The quantitative estimate of drug-likeness (QED) is 0.722. The summed E-state index contributed by atoms with van der Waals surface area (Å²) in [7, 11) is -4.03. The summed E-state index contributed by atoms with van der Waals surface area (Å²) in [5, 5.41) is 8.06. The topological polar surface area (TPSA) is 74.6 Å². The van der Waals surface area contributed by atoms with E-state index in [-0.39, 0.29) is 11.0 Å². The van der Waals surface area contributed by atoms with Gasteiger partial charge in [-0.25, -0.2) is 0 Å². The lowest BCUT2D eigenvalue weighted by Gasteiger charge is -1.99. The molecule has 0 spiro atoms. The van der Waals surface area contributed by atoms with Gasteiger partial charge in [0.15, 0.2) is 0 Å². The number of aliphatic hydroxyl groups is 1. The van der Waals surface area contributed by atoms with E-state index < -0.39 is 10.1 Å². The van der Waals surface area contributed by atoms with Gasteiger partial charge in [0, 0.05) is 6.10 Å². The lowest BCUT2D eigenvalue weighted by Crippen LogP contribution is -1.99. The van der Waals surface area contributed by atoms with E-state index >= 15 is 0 Å². The molecule has 15 heavy (non-hydrogen) atoms. The molecular weight excluding hydrogens is 216 g/mol. The highest BCUT2D eigenvalue weighted by Gasteiger charge is 2.10. The molecule has 0 atom stereocenters. The standard InChI is InChI=1S/C7H8O3S.C3H8O/c1-6-4-2-3-5-7(6)11(8,9)10;1-3(2)4/h2-5H,1H3,(H,8,9,10);3-4H,1-2H3. The summed E-state index contributed by atoms with van der Waals surface area (Å²) >= 11 is 0. The predicted octanol–water partition coefficient (Wildman–Crippen LogP) is 1.63. The number of hydrogen-bond donors (Lipinski definition) is 2. The molecule has 0 saturated carbocycles. The Morgan fingerprint density at radius 2 is 1.60 bits per heavy atom. The predicted molar refractivity (Wildman–Crippen MR) is 58.3 cm³/mol. The minimum atomic E-state index is -4.03. The molecule has 0 saturated heterocycles. The third-order valence-electron chi connectivity index (χ3n) is 1.37. The molecular formula is C10H16O4S. The molecule has 1 aromatic carbocycles. The Morgan fingerprint density at radius 3 is 1.87 bits per heavy atom. The highest BCUT2D eigenvalue weighted by Crippen LogP contribution is 2.12. The van der Waals surface area contributed by atoms with Crippen LogP contribution < -0.4 is 0 Å². The van der Waals surface area contributed by atoms with Gasteiger partial charge in [-0.15, -0.1) is 0 Å². The number of aryl methyl sites for hydroxylation is 1. The lowest BCUT2D eigenvalue weighted by atomic mass is 10.2. The van der Waals surface area contributed by atoms with Crippen LogP contribution in [0.4, 0.5) is 0 Å². The summed E-state index contributed by atoms with van der Waals surface area (Å²) in [4.78, 5) is -0.0278. The van der Waals surface area contributed by atoms with Crippen molar-refractivity contribution in [2.24, 2.45) is 0 Å².